The van der Waals surface area contributed by atoms with E-state index in [1.807, 2.05) is 12.3 Å². The SMILES string of the molecule is CCOC(=O)C1=CSCC2CCN12. The van der Waals surface area contributed by atoms with Crippen LogP contribution in [0.2, 0.25) is 0 Å². The first kappa shape index (κ1) is 8.94. The second-order valence-corrected chi connectivity index (χ2v) is 4.10. The van der Waals surface area contributed by atoms with Crippen LogP contribution in [-0.2, 0) is 9.53 Å². The van der Waals surface area contributed by atoms with Crippen molar-refractivity contribution in [1.29, 1.82) is 0 Å². The van der Waals surface area contributed by atoms with Gasteiger partial charge in [-0.2, -0.15) is 0 Å². The van der Waals surface area contributed by atoms with Crippen molar-refractivity contribution in [2.75, 3.05) is 18.9 Å². The molecule has 0 radical (unpaired) electrons. The van der Waals surface area contributed by atoms with Crippen LogP contribution >= 0.6 is 11.8 Å². The Balaban J connectivity index is 2.04. The first-order valence-corrected chi connectivity index (χ1v) is 5.63. The van der Waals surface area contributed by atoms with Crippen LogP contribution in [0.1, 0.15) is 13.3 Å². The summed E-state index contributed by atoms with van der Waals surface area (Å²) in [5.74, 6) is 0.947. The number of rotatable bonds is 2. The second-order valence-electron chi connectivity index (χ2n) is 3.19. The third kappa shape index (κ3) is 1.55. The van der Waals surface area contributed by atoms with Crippen molar-refractivity contribution in [3.05, 3.63) is 11.1 Å². The molecule has 0 aromatic carbocycles. The van der Waals surface area contributed by atoms with Gasteiger partial charge < -0.3 is 9.64 Å². The van der Waals surface area contributed by atoms with Crippen LogP contribution in [0.5, 0.6) is 0 Å². The van der Waals surface area contributed by atoms with Gasteiger partial charge in [-0.15, -0.1) is 11.8 Å². The summed E-state index contributed by atoms with van der Waals surface area (Å²) in [5.41, 5.74) is 0.759. The van der Waals surface area contributed by atoms with Crippen LogP contribution in [0.4, 0.5) is 0 Å². The van der Waals surface area contributed by atoms with Crippen LogP contribution in [0, 0.1) is 0 Å². The lowest BCUT2D eigenvalue weighted by Gasteiger charge is -2.45. The summed E-state index contributed by atoms with van der Waals surface area (Å²) in [5, 5.41) is 1.92. The van der Waals surface area contributed by atoms with Crippen molar-refractivity contribution < 1.29 is 9.53 Å². The topological polar surface area (TPSA) is 29.5 Å². The summed E-state index contributed by atoms with van der Waals surface area (Å²) >= 11 is 1.72. The standard InChI is InChI=1S/C9H13NO2S/c1-2-12-9(11)8-6-13-5-7-3-4-10(7)8/h6-7H,2-5H2,1H3. The van der Waals surface area contributed by atoms with E-state index < -0.39 is 0 Å². The Morgan fingerprint density at radius 1 is 1.85 bits per heavy atom. The smallest absolute Gasteiger partial charge is 0.355 e. The Hall–Kier alpha value is -0.640. The zero-order chi connectivity index (χ0) is 9.26. The van der Waals surface area contributed by atoms with Crippen LogP contribution < -0.4 is 0 Å². The van der Waals surface area contributed by atoms with Gasteiger partial charge in [0.05, 0.1) is 6.61 Å². The Bertz CT molecular complexity index is 252. The Morgan fingerprint density at radius 3 is 3.31 bits per heavy atom. The molecule has 2 heterocycles. The molecule has 0 bridgehead atoms. The highest BCUT2D eigenvalue weighted by Crippen LogP contribution is 2.32. The molecule has 0 N–H and O–H groups in total. The van der Waals surface area contributed by atoms with Crippen molar-refractivity contribution in [1.82, 2.24) is 4.90 Å². The molecule has 0 saturated carbocycles. The number of hydrogen-bond acceptors (Lipinski definition) is 4. The van der Waals surface area contributed by atoms with E-state index in [1.165, 1.54) is 6.42 Å². The van der Waals surface area contributed by atoms with Crippen molar-refractivity contribution in [3.63, 3.8) is 0 Å². The number of hydrogen-bond donors (Lipinski definition) is 0. The summed E-state index contributed by atoms with van der Waals surface area (Å²) in [6, 6.07) is 0.578. The fourth-order valence-electron chi connectivity index (χ4n) is 1.61. The molecule has 1 unspecified atom stereocenters. The maximum atomic E-state index is 11.4. The quantitative estimate of drug-likeness (QED) is 0.625. The monoisotopic (exact) mass is 199 g/mol. The zero-order valence-corrected chi connectivity index (χ0v) is 8.47. The van der Waals surface area contributed by atoms with Gasteiger partial charge in [0.1, 0.15) is 5.70 Å². The average Bonchev–Trinajstić information content (AvgIpc) is 2.07. The number of nitrogens with zero attached hydrogens (tertiary/aromatic N) is 1. The molecule has 0 amide bonds. The van der Waals surface area contributed by atoms with Crippen molar-refractivity contribution in [3.8, 4) is 0 Å². The minimum absolute atomic E-state index is 0.167. The molecule has 13 heavy (non-hydrogen) atoms. The molecule has 3 nitrogen and oxygen atoms in total. The molecular weight excluding hydrogens is 186 g/mol. The molecule has 2 aliphatic rings. The van der Waals surface area contributed by atoms with E-state index in [4.69, 9.17) is 4.74 Å². The summed E-state index contributed by atoms with van der Waals surface area (Å²) in [6.07, 6.45) is 1.21. The zero-order valence-electron chi connectivity index (χ0n) is 7.66. The van der Waals surface area contributed by atoms with E-state index >= 15 is 0 Å². The lowest BCUT2D eigenvalue weighted by atomic mass is 10.0. The number of carbonyl (C=O) groups is 1. The van der Waals surface area contributed by atoms with Gasteiger partial charge in [0.2, 0.25) is 0 Å². The summed E-state index contributed by atoms with van der Waals surface area (Å²) < 4.78 is 4.97. The number of esters is 1. The van der Waals surface area contributed by atoms with Crippen LogP contribution in [0.25, 0.3) is 0 Å². The molecule has 0 aliphatic carbocycles. The van der Waals surface area contributed by atoms with Gasteiger partial charge in [-0.1, -0.05) is 0 Å². The lowest BCUT2D eigenvalue weighted by molar-refractivity contribution is -0.141. The fourth-order valence-corrected chi connectivity index (χ4v) is 2.66. The first-order valence-electron chi connectivity index (χ1n) is 4.58. The molecule has 72 valence electrons. The maximum absolute atomic E-state index is 11.4. The Kier molecular flexibility index (Phi) is 2.49. The van der Waals surface area contributed by atoms with Gasteiger partial charge >= 0.3 is 5.97 Å². The van der Waals surface area contributed by atoms with Crippen LogP contribution in [0.3, 0.4) is 0 Å². The lowest BCUT2D eigenvalue weighted by Crippen LogP contribution is -2.51. The van der Waals surface area contributed by atoms with Crippen LogP contribution in [0.15, 0.2) is 11.1 Å². The fraction of sp³-hybridized carbons (Fsp3) is 0.667. The molecule has 1 fully saturated rings. The van der Waals surface area contributed by atoms with E-state index in [0.29, 0.717) is 12.6 Å². The van der Waals surface area contributed by atoms with E-state index in [0.717, 1.165) is 18.0 Å². The molecule has 4 heteroatoms. The Labute approximate surface area is 82.1 Å². The van der Waals surface area contributed by atoms with Gasteiger partial charge in [-0.3, -0.25) is 0 Å². The molecule has 0 aromatic heterocycles. The predicted octanol–water partition coefficient (Wildman–Crippen LogP) is 1.21. The number of carbonyl (C=O) groups excluding carboxylic acids is 1. The molecular formula is C9H13NO2S. The number of thioether (sulfide) groups is 1. The molecule has 0 spiro atoms. The van der Waals surface area contributed by atoms with Crippen molar-refractivity contribution in [2.45, 2.75) is 19.4 Å². The van der Waals surface area contributed by atoms with Crippen LogP contribution in [-0.4, -0.2) is 35.8 Å². The normalized spacial score (nSPS) is 25.8. The van der Waals surface area contributed by atoms with E-state index in [9.17, 15) is 4.79 Å². The first-order chi connectivity index (χ1) is 6.33. The maximum Gasteiger partial charge on any atom is 0.355 e. The van der Waals surface area contributed by atoms with E-state index in [2.05, 4.69) is 4.90 Å². The highest BCUT2D eigenvalue weighted by molar-refractivity contribution is 8.02. The number of ether oxygens (including phenoxy) is 1. The third-order valence-corrected chi connectivity index (χ3v) is 3.39. The predicted molar refractivity (Wildman–Crippen MR) is 52.3 cm³/mol. The highest BCUT2D eigenvalue weighted by atomic mass is 32.2. The van der Waals surface area contributed by atoms with E-state index in [1.54, 1.807) is 11.8 Å². The summed E-state index contributed by atoms with van der Waals surface area (Å²) in [6.45, 7) is 3.30. The molecule has 0 aromatic rings. The van der Waals surface area contributed by atoms with Crippen molar-refractivity contribution in [2.24, 2.45) is 0 Å². The van der Waals surface area contributed by atoms with Gasteiger partial charge in [-0.05, 0) is 13.3 Å². The van der Waals surface area contributed by atoms with Gasteiger partial charge in [-0.25, -0.2) is 4.79 Å². The third-order valence-electron chi connectivity index (χ3n) is 2.42. The molecule has 1 saturated heterocycles. The summed E-state index contributed by atoms with van der Waals surface area (Å²) in [7, 11) is 0. The number of fused-ring (bicyclic) bond motifs is 1. The molecule has 2 aliphatic heterocycles. The van der Waals surface area contributed by atoms with Crippen molar-refractivity contribution >= 4 is 17.7 Å². The second kappa shape index (κ2) is 3.62. The van der Waals surface area contributed by atoms with Gasteiger partial charge in [0.25, 0.3) is 0 Å². The minimum atomic E-state index is -0.167. The average molecular weight is 199 g/mol. The largest absolute Gasteiger partial charge is 0.461 e. The Morgan fingerprint density at radius 2 is 2.69 bits per heavy atom. The van der Waals surface area contributed by atoms with Gasteiger partial charge in [0, 0.05) is 23.7 Å². The molecule has 1 atom stereocenters. The van der Waals surface area contributed by atoms with E-state index in [-0.39, 0.29) is 5.97 Å². The highest BCUT2D eigenvalue weighted by Gasteiger charge is 2.35. The minimum Gasteiger partial charge on any atom is -0.461 e. The summed E-state index contributed by atoms with van der Waals surface area (Å²) in [4.78, 5) is 13.6. The molecule has 2 rings (SSSR count). The van der Waals surface area contributed by atoms with Gasteiger partial charge in [0.15, 0.2) is 0 Å².